The van der Waals surface area contributed by atoms with Gasteiger partial charge in [0.1, 0.15) is 12.0 Å². The van der Waals surface area contributed by atoms with Crippen LogP contribution in [0.1, 0.15) is 17.8 Å². The molecule has 0 aliphatic rings. The lowest BCUT2D eigenvalue weighted by molar-refractivity contribution is 0.116. The number of aryl methyl sites for hydroxylation is 1. The number of pyridine rings is 1. The SMILES string of the molecule is COc1ccc(-c2nc(COCCCc3ccccn3)co2)cc1OC. The van der Waals surface area contributed by atoms with Crippen LogP contribution in [0.5, 0.6) is 11.5 Å². The fraction of sp³-hybridized carbons (Fsp3) is 0.300. The molecule has 0 radical (unpaired) electrons. The minimum absolute atomic E-state index is 0.416. The van der Waals surface area contributed by atoms with E-state index in [0.717, 1.165) is 29.8 Å². The van der Waals surface area contributed by atoms with E-state index in [2.05, 4.69) is 9.97 Å². The van der Waals surface area contributed by atoms with E-state index in [-0.39, 0.29) is 0 Å². The highest BCUT2D eigenvalue weighted by atomic mass is 16.5. The molecule has 0 fully saturated rings. The predicted octanol–water partition coefficient (Wildman–Crippen LogP) is 3.90. The summed E-state index contributed by atoms with van der Waals surface area (Å²) in [4.78, 5) is 8.76. The Morgan fingerprint density at radius 3 is 2.65 bits per heavy atom. The second kappa shape index (κ2) is 9.01. The predicted molar refractivity (Wildman–Crippen MR) is 97.3 cm³/mol. The number of rotatable bonds is 9. The number of hydrogen-bond donors (Lipinski definition) is 0. The van der Waals surface area contributed by atoms with Crippen molar-refractivity contribution in [1.29, 1.82) is 0 Å². The van der Waals surface area contributed by atoms with Crippen LogP contribution in [0.3, 0.4) is 0 Å². The van der Waals surface area contributed by atoms with E-state index in [0.29, 0.717) is 30.6 Å². The minimum atomic E-state index is 0.416. The molecule has 2 heterocycles. The van der Waals surface area contributed by atoms with Gasteiger partial charge in [-0.2, -0.15) is 0 Å². The fourth-order valence-electron chi connectivity index (χ4n) is 2.55. The van der Waals surface area contributed by atoms with Gasteiger partial charge in [0, 0.05) is 24.1 Å². The van der Waals surface area contributed by atoms with Gasteiger partial charge in [-0.1, -0.05) is 6.07 Å². The number of nitrogens with zero attached hydrogens (tertiary/aromatic N) is 2. The zero-order valence-corrected chi connectivity index (χ0v) is 15.0. The van der Waals surface area contributed by atoms with Crippen molar-refractivity contribution in [2.24, 2.45) is 0 Å². The van der Waals surface area contributed by atoms with Gasteiger partial charge in [-0.3, -0.25) is 4.98 Å². The van der Waals surface area contributed by atoms with Crippen LogP contribution in [0.25, 0.3) is 11.5 Å². The average molecular weight is 354 g/mol. The normalized spacial score (nSPS) is 10.7. The smallest absolute Gasteiger partial charge is 0.226 e. The molecule has 0 N–H and O–H groups in total. The lowest BCUT2D eigenvalue weighted by Gasteiger charge is -2.07. The Bertz CT molecular complexity index is 818. The molecule has 0 aliphatic heterocycles. The molecule has 0 unspecified atom stereocenters. The largest absolute Gasteiger partial charge is 0.493 e. The first-order chi connectivity index (χ1) is 12.8. The molecule has 0 saturated carbocycles. The third kappa shape index (κ3) is 4.61. The van der Waals surface area contributed by atoms with E-state index in [9.17, 15) is 0 Å². The van der Waals surface area contributed by atoms with Crippen LogP contribution >= 0.6 is 0 Å². The molecule has 0 aliphatic carbocycles. The average Bonchev–Trinajstić information content (AvgIpc) is 3.17. The zero-order valence-electron chi connectivity index (χ0n) is 15.0. The number of ether oxygens (including phenoxy) is 3. The maximum atomic E-state index is 5.68. The summed E-state index contributed by atoms with van der Waals surface area (Å²) in [6.45, 7) is 1.06. The number of oxazole rings is 1. The lowest BCUT2D eigenvalue weighted by atomic mass is 10.2. The van der Waals surface area contributed by atoms with Gasteiger partial charge >= 0.3 is 0 Å². The van der Waals surface area contributed by atoms with E-state index in [4.69, 9.17) is 18.6 Å². The van der Waals surface area contributed by atoms with Gasteiger partial charge in [-0.25, -0.2) is 4.98 Å². The second-order valence-electron chi connectivity index (χ2n) is 5.69. The van der Waals surface area contributed by atoms with E-state index >= 15 is 0 Å². The van der Waals surface area contributed by atoms with E-state index in [1.807, 2.05) is 36.4 Å². The maximum Gasteiger partial charge on any atom is 0.226 e. The summed E-state index contributed by atoms with van der Waals surface area (Å²) < 4.78 is 21.8. The van der Waals surface area contributed by atoms with Crippen molar-refractivity contribution in [3.8, 4) is 23.0 Å². The van der Waals surface area contributed by atoms with Crippen LogP contribution in [0, 0.1) is 0 Å². The lowest BCUT2D eigenvalue weighted by Crippen LogP contribution is -1.98. The molecular weight excluding hydrogens is 332 g/mol. The highest BCUT2D eigenvalue weighted by molar-refractivity contribution is 5.60. The molecule has 3 rings (SSSR count). The van der Waals surface area contributed by atoms with Crippen LogP contribution in [0.2, 0.25) is 0 Å². The summed E-state index contributed by atoms with van der Waals surface area (Å²) in [5, 5.41) is 0. The summed E-state index contributed by atoms with van der Waals surface area (Å²) in [5.41, 5.74) is 2.66. The third-order valence-electron chi connectivity index (χ3n) is 3.88. The molecule has 1 aromatic carbocycles. The number of aromatic nitrogens is 2. The Hall–Kier alpha value is -2.86. The summed E-state index contributed by atoms with van der Waals surface area (Å²) in [7, 11) is 3.20. The van der Waals surface area contributed by atoms with Gasteiger partial charge in [0.25, 0.3) is 0 Å². The molecule has 0 amide bonds. The topological polar surface area (TPSA) is 66.6 Å². The van der Waals surface area contributed by atoms with Crippen molar-refractivity contribution >= 4 is 0 Å². The van der Waals surface area contributed by atoms with Crippen LogP contribution in [0.4, 0.5) is 0 Å². The Labute approximate surface area is 152 Å². The maximum absolute atomic E-state index is 5.68. The van der Waals surface area contributed by atoms with Gasteiger partial charge in [-0.05, 0) is 43.2 Å². The molecular formula is C20H22N2O4. The van der Waals surface area contributed by atoms with E-state index in [1.165, 1.54) is 0 Å². The van der Waals surface area contributed by atoms with Gasteiger partial charge in [0.05, 0.1) is 20.8 Å². The van der Waals surface area contributed by atoms with Gasteiger partial charge in [0.15, 0.2) is 11.5 Å². The van der Waals surface area contributed by atoms with E-state index in [1.54, 1.807) is 26.7 Å². The number of hydrogen-bond acceptors (Lipinski definition) is 6. The van der Waals surface area contributed by atoms with Crippen molar-refractivity contribution < 1.29 is 18.6 Å². The molecule has 3 aromatic rings. The Morgan fingerprint density at radius 2 is 1.88 bits per heavy atom. The van der Waals surface area contributed by atoms with Gasteiger partial charge in [-0.15, -0.1) is 0 Å². The van der Waals surface area contributed by atoms with Crippen LogP contribution in [0.15, 0.2) is 53.3 Å². The molecule has 136 valence electrons. The first kappa shape index (κ1) is 17.9. The fourth-order valence-corrected chi connectivity index (χ4v) is 2.55. The second-order valence-corrected chi connectivity index (χ2v) is 5.69. The summed E-state index contributed by atoms with van der Waals surface area (Å²) >= 11 is 0. The highest BCUT2D eigenvalue weighted by Gasteiger charge is 2.11. The van der Waals surface area contributed by atoms with Crippen molar-refractivity contribution in [2.45, 2.75) is 19.4 Å². The van der Waals surface area contributed by atoms with Crippen molar-refractivity contribution in [2.75, 3.05) is 20.8 Å². The Kier molecular flexibility index (Phi) is 6.22. The Morgan fingerprint density at radius 1 is 1.00 bits per heavy atom. The summed E-state index contributed by atoms with van der Waals surface area (Å²) in [5.74, 6) is 1.83. The van der Waals surface area contributed by atoms with Crippen LogP contribution < -0.4 is 9.47 Å². The molecule has 6 heteroatoms. The van der Waals surface area contributed by atoms with Crippen molar-refractivity contribution in [3.63, 3.8) is 0 Å². The van der Waals surface area contributed by atoms with Gasteiger partial charge < -0.3 is 18.6 Å². The number of benzene rings is 1. The molecule has 0 saturated heterocycles. The standard InChI is InChI=1S/C20H22N2O4/c1-23-18-9-8-15(12-19(18)24-2)20-22-17(14-26-20)13-25-11-5-7-16-6-3-4-10-21-16/h3-4,6,8-10,12,14H,5,7,11,13H2,1-2H3. The zero-order chi connectivity index (χ0) is 18.2. The molecule has 0 spiro atoms. The quantitative estimate of drug-likeness (QED) is 0.543. The highest BCUT2D eigenvalue weighted by Crippen LogP contribution is 2.31. The first-order valence-corrected chi connectivity index (χ1v) is 8.44. The minimum Gasteiger partial charge on any atom is -0.493 e. The third-order valence-corrected chi connectivity index (χ3v) is 3.88. The van der Waals surface area contributed by atoms with Crippen LogP contribution in [-0.4, -0.2) is 30.8 Å². The molecule has 6 nitrogen and oxygen atoms in total. The molecule has 2 aromatic heterocycles. The molecule has 0 atom stereocenters. The van der Waals surface area contributed by atoms with Crippen molar-refractivity contribution in [3.05, 3.63) is 60.2 Å². The van der Waals surface area contributed by atoms with Crippen LogP contribution in [-0.2, 0) is 17.8 Å². The summed E-state index contributed by atoms with van der Waals surface area (Å²) in [6, 6.07) is 11.5. The summed E-state index contributed by atoms with van der Waals surface area (Å²) in [6.07, 6.45) is 5.24. The van der Waals surface area contributed by atoms with Crippen molar-refractivity contribution in [1.82, 2.24) is 9.97 Å². The number of methoxy groups -OCH3 is 2. The Balaban J connectivity index is 1.50. The van der Waals surface area contributed by atoms with Gasteiger partial charge in [0.2, 0.25) is 5.89 Å². The monoisotopic (exact) mass is 354 g/mol. The first-order valence-electron chi connectivity index (χ1n) is 8.44. The molecule has 0 bridgehead atoms. The van der Waals surface area contributed by atoms with E-state index < -0.39 is 0 Å². The molecule has 26 heavy (non-hydrogen) atoms.